The number of nitriles is 1. The third-order valence-electron chi connectivity index (χ3n) is 4.49. The van der Waals surface area contributed by atoms with E-state index in [0.717, 1.165) is 43.3 Å². The van der Waals surface area contributed by atoms with Crippen LogP contribution in [0.5, 0.6) is 5.75 Å². The maximum atomic E-state index is 8.56. The second-order valence-electron chi connectivity index (χ2n) is 6.44. The van der Waals surface area contributed by atoms with Gasteiger partial charge in [0.25, 0.3) is 0 Å². The predicted molar refractivity (Wildman–Crippen MR) is 95.0 cm³/mol. The molecular weight excluding hydrogens is 314 g/mol. The molecule has 1 aliphatic heterocycles. The number of rotatable bonds is 8. The summed E-state index contributed by atoms with van der Waals surface area (Å²) in [6, 6.07) is 10.4. The fourth-order valence-electron chi connectivity index (χ4n) is 3.10. The SMILES string of the molecule is C[C@H](NCc1cccc(OCCCC#N)c1)c1nnc2n1CCCC2. The summed E-state index contributed by atoms with van der Waals surface area (Å²) >= 11 is 0. The van der Waals surface area contributed by atoms with Crippen molar-refractivity contribution in [1.29, 1.82) is 5.26 Å². The minimum Gasteiger partial charge on any atom is -0.494 e. The third-order valence-corrected chi connectivity index (χ3v) is 4.49. The van der Waals surface area contributed by atoms with E-state index in [4.69, 9.17) is 10.00 Å². The summed E-state index contributed by atoms with van der Waals surface area (Å²) in [6.45, 7) is 4.48. The Hall–Kier alpha value is -2.39. The van der Waals surface area contributed by atoms with Gasteiger partial charge in [0.15, 0.2) is 0 Å². The summed E-state index contributed by atoms with van der Waals surface area (Å²) in [5.74, 6) is 2.99. The molecule has 1 aromatic carbocycles. The van der Waals surface area contributed by atoms with Crippen molar-refractivity contribution in [3.8, 4) is 11.8 Å². The Morgan fingerprint density at radius 2 is 2.28 bits per heavy atom. The molecule has 0 saturated carbocycles. The summed E-state index contributed by atoms with van der Waals surface area (Å²) in [5.41, 5.74) is 1.17. The van der Waals surface area contributed by atoms with Crippen LogP contribution in [-0.2, 0) is 19.5 Å². The quantitative estimate of drug-likeness (QED) is 0.748. The molecule has 1 aromatic heterocycles. The van der Waals surface area contributed by atoms with E-state index in [-0.39, 0.29) is 6.04 Å². The lowest BCUT2D eigenvalue weighted by Crippen LogP contribution is -2.23. The summed E-state index contributed by atoms with van der Waals surface area (Å²) in [6.07, 6.45) is 4.73. The van der Waals surface area contributed by atoms with Crippen LogP contribution in [0, 0.1) is 11.3 Å². The van der Waals surface area contributed by atoms with Crippen molar-refractivity contribution in [2.24, 2.45) is 0 Å². The normalized spacial score (nSPS) is 14.6. The highest BCUT2D eigenvalue weighted by atomic mass is 16.5. The number of fused-ring (bicyclic) bond motifs is 1. The highest BCUT2D eigenvalue weighted by Crippen LogP contribution is 2.20. The average Bonchev–Trinajstić information content (AvgIpc) is 3.08. The lowest BCUT2D eigenvalue weighted by Gasteiger charge is -2.19. The van der Waals surface area contributed by atoms with Crippen LogP contribution in [0.2, 0.25) is 0 Å². The third kappa shape index (κ3) is 4.58. The van der Waals surface area contributed by atoms with Crippen molar-refractivity contribution < 1.29 is 4.74 Å². The molecule has 1 aliphatic rings. The van der Waals surface area contributed by atoms with Gasteiger partial charge in [-0.05, 0) is 43.9 Å². The lowest BCUT2D eigenvalue weighted by atomic mass is 10.1. The zero-order valence-corrected chi connectivity index (χ0v) is 14.7. The Labute approximate surface area is 148 Å². The number of aromatic nitrogens is 3. The van der Waals surface area contributed by atoms with Gasteiger partial charge in [0.2, 0.25) is 0 Å². The number of benzene rings is 1. The first-order valence-corrected chi connectivity index (χ1v) is 9.02. The molecule has 132 valence electrons. The molecule has 2 aromatic rings. The van der Waals surface area contributed by atoms with Crippen LogP contribution in [0.15, 0.2) is 24.3 Å². The van der Waals surface area contributed by atoms with Gasteiger partial charge in [-0.25, -0.2) is 0 Å². The van der Waals surface area contributed by atoms with E-state index in [1.54, 1.807) is 0 Å². The lowest BCUT2D eigenvalue weighted by molar-refractivity contribution is 0.312. The fraction of sp³-hybridized carbons (Fsp3) is 0.526. The van der Waals surface area contributed by atoms with Crippen LogP contribution in [0.3, 0.4) is 0 Å². The van der Waals surface area contributed by atoms with E-state index < -0.39 is 0 Å². The number of nitrogens with one attached hydrogen (secondary N) is 1. The Balaban J connectivity index is 1.54. The molecule has 0 spiro atoms. The van der Waals surface area contributed by atoms with E-state index >= 15 is 0 Å². The summed E-state index contributed by atoms with van der Waals surface area (Å²) in [4.78, 5) is 0. The maximum Gasteiger partial charge on any atom is 0.149 e. The van der Waals surface area contributed by atoms with E-state index in [1.807, 2.05) is 18.2 Å². The Bertz CT molecular complexity index is 734. The minimum atomic E-state index is 0.152. The van der Waals surface area contributed by atoms with Gasteiger partial charge >= 0.3 is 0 Å². The zero-order valence-electron chi connectivity index (χ0n) is 14.7. The largest absolute Gasteiger partial charge is 0.494 e. The van der Waals surface area contributed by atoms with Crippen molar-refractivity contribution in [2.45, 2.75) is 58.2 Å². The number of aryl methyl sites for hydroxylation is 1. The second kappa shape index (κ2) is 8.63. The first-order chi connectivity index (χ1) is 12.3. The van der Waals surface area contributed by atoms with E-state index in [0.29, 0.717) is 13.0 Å². The van der Waals surface area contributed by atoms with Gasteiger partial charge in [0.05, 0.1) is 18.7 Å². The van der Waals surface area contributed by atoms with Gasteiger partial charge in [-0.3, -0.25) is 0 Å². The van der Waals surface area contributed by atoms with Crippen molar-refractivity contribution in [2.75, 3.05) is 6.61 Å². The molecule has 0 bridgehead atoms. The molecule has 1 atom stereocenters. The molecule has 0 unspecified atom stereocenters. The molecule has 0 saturated heterocycles. The van der Waals surface area contributed by atoms with Crippen LogP contribution in [0.1, 0.15) is 55.9 Å². The van der Waals surface area contributed by atoms with Crippen LogP contribution >= 0.6 is 0 Å². The van der Waals surface area contributed by atoms with Gasteiger partial charge < -0.3 is 14.6 Å². The summed E-state index contributed by atoms with van der Waals surface area (Å²) in [7, 11) is 0. The van der Waals surface area contributed by atoms with Crippen molar-refractivity contribution in [3.63, 3.8) is 0 Å². The Kier molecular flexibility index (Phi) is 6.02. The van der Waals surface area contributed by atoms with Crippen molar-refractivity contribution >= 4 is 0 Å². The molecular formula is C19H25N5O. The van der Waals surface area contributed by atoms with Gasteiger partial charge in [-0.1, -0.05) is 12.1 Å². The number of nitrogens with zero attached hydrogens (tertiary/aromatic N) is 4. The molecule has 6 heteroatoms. The molecule has 0 radical (unpaired) electrons. The summed E-state index contributed by atoms with van der Waals surface area (Å²) in [5, 5.41) is 20.8. The monoisotopic (exact) mass is 339 g/mol. The highest BCUT2D eigenvalue weighted by Gasteiger charge is 2.19. The second-order valence-corrected chi connectivity index (χ2v) is 6.44. The molecule has 0 aliphatic carbocycles. The van der Waals surface area contributed by atoms with Crippen molar-refractivity contribution in [3.05, 3.63) is 41.5 Å². The maximum absolute atomic E-state index is 8.56. The molecule has 0 amide bonds. The zero-order chi connectivity index (χ0) is 17.5. The van der Waals surface area contributed by atoms with Crippen molar-refractivity contribution in [1.82, 2.24) is 20.1 Å². The first kappa shape index (κ1) is 17.4. The van der Waals surface area contributed by atoms with E-state index in [2.05, 4.69) is 39.1 Å². The predicted octanol–water partition coefficient (Wildman–Crippen LogP) is 3.15. The molecule has 1 N–H and O–H groups in total. The molecule has 0 fully saturated rings. The first-order valence-electron chi connectivity index (χ1n) is 9.02. The van der Waals surface area contributed by atoms with Gasteiger partial charge in [-0.2, -0.15) is 5.26 Å². The fourth-order valence-corrected chi connectivity index (χ4v) is 3.10. The van der Waals surface area contributed by atoms with Crippen LogP contribution in [-0.4, -0.2) is 21.4 Å². The van der Waals surface area contributed by atoms with Crippen LogP contribution in [0.4, 0.5) is 0 Å². The van der Waals surface area contributed by atoms with Gasteiger partial charge in [0, 0.05) is 25.9 Å². The number of ether oxygens (including phenoxy) is 1. The van der Waals surface area contributed by atoms with Crippen LogP contribution < -0.4 is 10.1 Å². The Morgan fingerprint density at radius 3 is 3.16 bits per heavy atom. The van der Waals surface area contributed by atoms with Gasteiger partial charge in [-0.15, -0.1) is 10.2 Å². The topological polar surface area (TPSA) is 75.8 Å². The standard InChI is InChI=1S/C19H25N5O/c1-15(19-23-22-18-9-2-4-11-24(18)19)21-14-16-7-6-8-17(13-16)25-12-5-3-10-20/h6-8,13,15,21H,2-5,9,11-12,14H2,1H3/t15-/m0/s1. The smallest absolute Gasteiger partial charge is 0.149 e. The molecule has 25 heavy (non-hydrogen) atoms. The molecule has 2 heterocycles. The number of unbranched alkanes of at least 4 members (excludes halogenated alkanes) is 1. The van der Waals surface area contributed by atoms with Crippen LogP contribution in [0.25, 0.3) is 0 Å². The molecule has 6 nitrogen and oxygen atoms in total. The van der Waals surface area contributed by atoms with Gasteiger partial charge in [0.1, 0.15) is 17.4 Å². The summed E-state index contributed by atoms with van der Waals surface area (Å²) < 4.78 is 7.96. The van der Waals surface area contributed by atoms with E-state index in [9.17, 15) is 0 Å². The Morgan fingerprint density at radius 1 is 1.36 bits per heavy atom. The number of hydrogen-bond acceptors (Lipinski definition) is 5. The number of hydrogen-bond donors (Lipinski definition) is 1. The average molecular weight is 339 g/mol. The molecule has 3 rings (SSSR count). The highest BCUT2D eigenvalue weighted by molar-refractivity contribution is 5.28. The van der Waals surface area contributed by atoms with E-state index in [1.165, 1.54) is 18.4 Å². The minimum absolute atomic E-state index is 0.152.